The van der Waals surface area contributed by atoms with Crippen LogP contribution in [0.4, 0.5) is 0 Å². The highest BCUT2D eigenvalue weighted by Gasteiger charge is 2.22. The SMILES string of the molecule is c1cc2c3c(cccc3c1)-c1cc(-c3ccc(-n4c5ccccc5c5ccc6oc7ccccc7c6c54)cc3)ccc1-2. The standard InChI is InChI=1S/C40H23NO/c1-3-13-35-29(9-1)32-21-22-37-39(33-10-2-4-14-36(33)42-37)40(32)41(35)27-18-15-24(16-19-27)26-17-20-28-30-11-5-7-25-8-6-12-31(38(25)30)34(28)23-26/h1-23H. The summed E-state index contributed by atoms with van der Waals surface area (Å²) < 4.78 is 8.69. The molecule has 0 radical (unpaired) electrons. The molecule has 194 valence electrons. The fraction of sp³-hybridized carbons (Fsp3) is 0. The molecule has 0 bridgehead atoms. The Hall–Kier alpha value is -5.60. The van der Waals surface area contributed by atoms with Gasteiger partial charge in [0.25, 0.3) is 0 Å². The first-order chi connectivity index (χ1) is 20.8. The smallest absolute Gasteiger partial charge is 0.137 e. The number of aromatic nitrogens is 1. The lowest BCUT2D eigenvalue weighted by Gasteiger charge is -2.11. The lowest BCUT2D eigenvalue weighted by molar-refractivity contribution is 0.669. The van der Waals surface area contributed by atoms with Gasteiger partial charge in [0.1, 0.15) is 11.2 Å². The van der Waals surface area contributed by atoms with Gasteiger partial charge in [0.05, 0.1) is 16.4 Å². The number of rotatable bonds is 2. The number of furan rings is 1. The van der Waals surface area contributed by atoms with Gasteiger partial charge in [-0.3, -0.25) is 0 Å². The maximum Gasteiger partial charge on any atom is 0.137 e. The summed E-state index contributed by atoms with van der Waals surface area (Å²) in [7, 11) is 0. The van der Waals surface area contributed by atoms with E-state index < -0.39 is 0 Å². The van der Waals surface area contributed by atoms with Gasteiger partial charge < -0.3 is 8.98 Å². The third-order valence-electron chi connectivity index (χ3n) is 9.14. The average molecular weight is 534 g/mol. The highest BCUT2D eigenvalue weighted by molar-refractivity contribution is 6.24. The number of hydrogen-bond acceptors (Lipinski definition) is 1. The van der Waals surface area contributed by atoms with E-state index in [1.165, 1.54) is 66.0 Å². The van der Waals surface area contributed by atoms with Crippen molar-refractivity contribution < 1.29 is 4.42 Å². The summed E-state index contributed by atoms with van der Waals surface area (Å²) in [4.78, 5) is 0. The minimum atomic E-state index is 0.915. The second kappa shape index (κ2) is 7.99. The molecule has 0 spiro atoms. The van der Waals surface area contributed by atoms with Gasteiger partial charge in [0.2, 0.25) is 0 Å². The van der Waals surface area contributed by atoms with Crippen molar-refractivity contribution in [1.29, 1.82) is 0 Å². The lowest BCUT2D eigenvalue weighted by atomic mass is 9.97. The molecule has 0 fully saturated rings. The topological polar surface area (TPSA) is 18.1 Å². The summed E-state index contributed by atoms with van der Waals surface area (Å²) in [5, 5.41) is 7.46. The zero-order valence-electron chi connectivity index (χ0n) is 22.6. The molecular weight excluding hydrogens is 510 g/mol. The van der Waals surface area contributed by atoms with E-state index in [1.807, 2.05) is 6.07 Å². The molecule has 10 rings (SSSR count). The Balaban J connectivity index is 1.17. The second-order valence-electron chi connectivity index (χ2n) is 11.3. The lowest BCUT2D eigenvalue weighted by Crippen LogP contribution is -1.94. The fourth-order valence-corrected chi connectivity index (χ4v) is 7.31. The normalized spacial score (nSPS) is 12.3. The van der Waals surface area contributed by atoms with Gasteiger partial charge in [0.15, 0.2) is 0 Å². The van der Waals surface area contributed by atoms with Crippen molar-refractivity contribution >= 4 is 54.5 Å². The molecule has 7 aromatic carbocycles. The van der Waals surface area contributed by atoms with E-state index in [9.17, 15) is 0 Å². The number of nitrogens with zero attached hydrogens (tertiary/aromatic N) is 1. The molecule has 0 saturated heterocycles. The van der Waals surface area contributed by atoms with Crippen LogP contribution in [0.25, 0.3) is 93.6 Å². The molecule has 42 heavy (non-hydrogen) atoms. The molecular formula is C40H23NO. The van der Waals surface area contributed by atoms with Crippen LogP contribution < -0.4 is 0 Å². The molecule has 2 heteroatoms. The third-order valence-corrected chi connectivity index (χ3v) is 9.14. The molecule has 2 nitrogen and oxygen atoms in total. The van der Waals surface area contributed by atoms with E-state index in [1.54, 1.807) is 0 Å². The van der Waals surface area contributed by atoms with Crippen LogP contribution in [0.3, 0.4) is 0 Å². The van der Waals surface area contributed by atoms with Gasteiger partial charge in [-0.25, -0.2) is 0 Å². The average Bonchev–Trinajstić information content (AvgIpc) is 3.70. The Labute approximate surface area is 241 Å². The summed E-state index contributed by atoms with van der Waals surface area (Å²) in [6, 6.07) is 50.6. The zero-order valence-corrected chi connectivity index (χ0v) is 22.6. The number of benzene rings is 7. The van der Waals surface area contributed by atoms with Gasteiger partial charge in [-0.1, -0.05) is 97.1 Å². The van der Waals surface area contributed by atoms with Crippen LogP contribution in [0.15, 0.2) is 144 Å². The van der Waals surface area contributed by atoms with Crippen LogP contribution in [0, 0.1) is 0 Å². The summed E-state index contributed by atoms with van der Waals surface area (Å²) in [6.07, 6.45) is 0. The molecule has 0 unspecified atom stereocenters. The van der Waals surface area contributed by atoms with Gasteiger partial charge in [-0.05, 0) is 86.6 Å². The largest absolute Gasteiger partial charge is 0.456 e. The van der Waals surface area contributed by atoms with Crippen molar-refractivity contribution in [3.8, 4) is 39.1 Å². The molecule has 0 atom stereocenters. The highest BCUT2D eigenvalue weighted by Crippen LogP contribution is 2.48. The minimum absolute atomic E-state index is 0.915. The Bertz CT molecular complexity index is 2560. The maximum atomic E-state index is 6.29. The van der Waals surface area contributed by atoms with Crippen molar-refractivity contribution in [3.05, 3.63) is 140 Å². The van der Waals surface area contributed by atoms with Crippen LogP contribution in [0.1, 0.15) is 0 Å². The van der Waals surface area contributed by atoms with Gasteiger partial charge in [-0.15, -0.1) is 0 Å². The zero-order chi connectivity index (χ0) is 27.4. The predicted octanol–water partition coefficient (Wildman–Crippen LogP) is 11.2. The van der Waals surface area contributed by atoms with Crippen molar-refractivity contribution in [2.75, 3.05) is 0 Å². The molecule has 0 aliphatic heterocycles. The van der Waals surface area contributed by atoms with Crippen molar-refractivity contribution in [2.24, 2.45) is 0 Å². The monoisotopic (exact) mass is 533 g/mol. The Morgan fingerprint density at radius 3 is 2.02 bits per heavy atom. The second-order valence-corrected chi connectivity index (χ2v) is 11.3. The summed E-state index contributed by atoms with van der Waals surface area (Å²) >= 11 is 0. The van der Waals surface area contributed by atoms with Crippen molar-refractivity contribution in [3.63, 3.8) is 0 Å². The van der Waals surface area contributed by atoms with E-state index in [2.05, 4.69) is 138 Å². The van der Waals surface area contributed by atoms with E-state index in [0.717, 1.165) is 27.6 Å². The maximum absolute atomic E-state index is 6.29. The summed E-state index contributed by atoms with van der Waals surface area (Å²) in [6.45, 7) is 0. The van der Waals surface area contributed by atoms with Crippen molar-refractivity contribution in [2.45, 2.75) is 0 Å². The third kappa shape index (κ3) is 2.83. The molecule has 0 N–H and O–H groups in total. The van der Waals surface area contributed by atoms with Gasteiger partial charge >= 0.3 is 0 Å². The van der Waals surface area contributed by atoms with Crippen LogP contribution in [0.2, 0.25) is 0 Å². The van der Waals surface area contributed by atoms with Crippen LogP contribution in [0.5, 0.6) is 0 Å². The molecule has 1 aliphatic carbocycles. The molecule has 0 saturated carbocycles. The van der Waals surface area contributed by atoms with E-state index >= 15 is 0 Å². The summed E-state index contributed by atoms with van der Waals surface area (Å²) in [5.74, 6) is 0. The molecule has 1 aliphatic rings. The van der Waals surface area contributed by atoms with Crippen molar-refractivity contribution in [1.82, 2.24) is 4.57 Å². The van der Waals surface area contributed by atoms with Gasteiger partial charge in [0, 0.05) is 21.8 Å². The van der Waals surface area contributed by atoms with Crippen LogP contribution in [-0.4, -0.2) is 4.57 Å². The van der Waals surface area contributed by atoms with Crippen LogP contribution in [-0.2, 0) is 0 Å². The van der Waals surface area contributed by atoms with Gasteiger partial charge in [-0.2, -0.15) is 0 Å². The molecule has 9 aromatic rings. The van der Waals surface area contributed by atoms with Crippen LogP contribution >= 0.6 is 0 Å². The fourth-order valence-electron chi connectivity index (χ4n) is 7.31. The molecule has 2 heterocycles. The number of para-hydroxylation sites is 2. The van der Waals surface area contributed by atoms with E-state index in [-0.39, 0.29) is 0 Å². The molecule has 0 amide bonds. The first kappa shape index (κ1) is 22.1. The Kier molecular flexibility index (Phi) is 4.21. The molecule has 2 aromatic heterocycles. The Morgan fingerprint density at radius 1 is 0.429 bits per heavy atom. The predicted molar refractivity (Wildman–Crippen MR) is 175 cm³/mol. The number of fused-ring (bicyclic) bond motifs is 10. The highest BCUT2D eigenvalue weighted by atomic mass is 16.3. The quantitative estimate of drug-likeness (QED) is 0.216. The van der Waals surface area contributed by atoms with E-state index in [4.69, 9.17) is 4.42 Å². The van der Waals surface area contributed by atoms with E-state index in [0.29, 0.717) is 0 Å². The first-order valence-corrected chi connectivity index (χ1v) is 14.4. The number of hydrogen-bond donors (Lipinski definition) is 0. The first-order valence-electron chi connectivity index (χ1n) is 14.4. The summed E-state index contributed by atoms with van der Waals surface area (Å²) in [5.41, 5.74) is 13.1. The Morgan fingerprint density at radius 2 is 1.17 bits per heavy atom. The minimum Gasteiger partial charge on any atom is -0.456 e.